The van der Waals surface area contributed by atoms with Gasteiger partial charge in [-0.2, -0.15) is 4.31 Å². The molecule has 1 aliphatic heterocycles. The van der Waals surface area contributed by atoms with Gasteiger partial charge in [0.25, 0.3) is 0 Å². The molecule has 2 atom stereocenters. The number of nitrogens with two attached hydrogens (primary N) is 1. The predicted molar refractivity (Wildman–Crippen MR) is 75.8 cm³/mol. The Morgan fingerprint density at radius 1 is 1.45 bits per heavy atom. The zero-order valence-electron chi connectivity index (χ0n) is 11.6. The third kappa shape index (κ3) is 2.80. The van der Waals surface area contributed by atoms with E-state index >= 15 is 0 Å². The number of sulfonamides is 1. The van der Waals surface area contributed by atoms with E-state index in [0.717, 1.165) is 0 Å². The van der Waals surface area contributed by atoms with E-state index in [1.807, 2.05) is 0 Å². The van der Waals surface area contributed by atoms with Crippen LogP contribution in [0.25, 0.3) is 0 Å². The van der Waals surface area contributed by atoms with Gasteiger partial charge in [0, 0.05) is 13.1 Å². The fraction of sp³-hybridized carbons (Fsp3) is 0.538. The van der Waals surface area contributed by atoms with Crippen LogP contribution in [-0.2, 0) is 14.8 Å². The first-order valence-corrected chi connectivity index (χ1v) is 7.91. The van der Waals surface area contributed by atoms with Gasteiger partial charge in [-0.25, -0.2) is 8.42 Å². The SMILES string of the molecule is Cc1cccc(N)c1S(=O)(=O)N1CC(C)OC(CO)C1. The summed E-state index contributed by atoms with van der Waals surface area (Å²) in [6.45, 7) is 3.69. The van der Waals surface area contributed by atoms with Crippen molar-refractivity contribution in [3.63, 3.8) is 0 Å². The highest BCUT2D eigenvalue weighted by molar-refractivity contribution is 7.89. The van der Waals surface area contributed by atoms with E-state index in [1.165, 1.54) is 4.31 Å². The van der Waals surface area contributed by atoms with Crippen molar-refractivity contribution in [1.82, 2.24) is 4.31 Å². The van der Waals surface area contributed by atoms with E-state index in [9.17, 15) is 13.5 Å². The summed E-state index contributed by atoms with van der Waals surface area (Å²) in [5, 5.41) is 9.20. The molecule has 1 aromatic carbocycles. The molecule has 0 bridgehead atoms. The number of nitrogens with zero attached hydrogens (tertiary/aromatic N) is 1. The minimum Gasteiger partial charge on any atom is -0.398 e. The van der Waals surface area contributed by atoms with Crippen molar-refractivity contribution in [3.05, 3.63) is 23.8 Å². The molecule has 1 fully saturated rings. The summed E-state index contributed by atoms with van der Waals surface area (Å²) in [7, 11) is -3.68. The summed E-state index contributed by atoms with van der Waals surface area (Å²) < 4.78 is 32.3. The molecule has 3 N–H and O–H groups in total. The van der Waals surface area contributed by atoms with Crippen molar-refractivity contribution in [2.45, 2.75) is 31.0 Å². The van der Waals surface area contributed by atoms with Crippen LogP contribution in [0.1, 0.15) is 12.5 Å². The van der Waals surface area contributed by atoms with Crippen molar-refractivity contribution in [2.75, 3.05) is 25.4 Å². The van der Waals surface area contributed by atoms with Gasteiger partial charge in [0.15, 0.2) is 0 Å². The minimum absolute atomic E-state index is 0.136. The Balaban J connectivity index is 2.39. The number of ether oxygens (including phenoxy) is 1. The highest BCUT2D eigenvalue weighted by atomic mass is 32.2. The molecule has 0 radical (unpaired) electrons. The number of nitrogen functional groups attached to an aromatic ring is 1. The maximum atomic E-state index is 12.7. The summed E-state index contributed by atoms with van der Waals surface area (Å²) in [6.07, 6.45) is -0.764. The van der Waals surface area contributed by atoms with Crippen molar-refractivity contribution < 1.29 is 18.3 Å². The second-order valence-electron chi connectivity index (χ2n) is 5.07. The van der Waals surface area contributed by atoms with E-state index < -0.39 is 16.1 Å². The van der Waals surface area contributed by atoms with Crippen LogP contribution in [0.4, 0.5) is 5.69 Å². The van der Waals surface area contributed by atoms with Crippen LogP contribution in [0.3, 0.4) is 0 Å². The molecule has 1 saturated heterocycles. The number of aliphatic hydroxyl groups excluding tert-OH is 1. The fourth-order valence-corrected chi connectivity index (χ4v) is 4.32. The first kappa shape index (κ1) is 15.2. The lowest BCUT2D eigenvalue weighted by Crippen LogP contribution is -2.50. The maximum absolute atomic E-state index is 12.7. The van der Waals surface area contributed by atoms with E-state index in [-0.39, 0.29) is 36.4 Å². The minimum atomic E-state index is -3.68. The van der Waals surface area contributed by atoms with E-state index in [2.05, 4.69) is 0 Å². The molecular formula is C13H20N2O4S. The van der Waals surface area contributed by atoms with Gasteiger partial charge in [-0.1, -0.05) is 12.1 Å². The number of morpholine rings is 1. The van der Waals surface area contributed by atoms with E-state index in [0.29, 0.717) is 5.56 Å². The second kappa shape index (κ2) is 5.69. The average Bonchev–Trinajstić information content (AvgIpc) is 2.37. The van der Waals surface area contributed by atoms with Crippen LogP contribution < -0.4 is 5.73 Å². The largest absolute Gasteiger partial charge is 0.398 e. The lowest BCUT2D eigenvalue weighted by atomic mass is 10.2. The molecule has 0 aromatic heterocycles. The van der Waals surface area contributed by atoms with Crippen molar-refractivity contribution in [3.8, 4) is 0 Å². The second-order valence-corrected chi connectivity index (χ2v) is 6.94. The van der Waals surface area contributed by atoms with Crippen LogP contribution in [0.15, 0.2) is 23.1 Å². The fourth-order valence-electron chi connectivity index (χ4n) is 2.46. The predicted octanol–water partition coefficient (Wildman–Crippen LogP) is 0.348. The van der Waals surface area contributed by atoms with Crippen molar-refractivity contribution in [1.29, 1.82) is 0 Å². The standard InChI is InChI=1S/C13H20N2O4S/c1-9-4-3-5-12(14)13(9)20(17,18)15-6-10(2)19-11(7-15)8-16/h3-5,10-11,16H,6-8,14H2,1-2H3. The Bertz CT molecular complexity index is 568. The van der Waals surface area contributed by atoms with Gasteiger partial charge < -0.3 is 15.6 Å². The Morgan fingerprint density at radius 2 is 2.15 bits per heavy atom. The summed E-state index contributed by atoms with van der Waals surface area (Å²) in [4.78, 5) is 0.144. The summed E-state index contributed by atoms with van der Waals surface area (Å²) in [5.74, 6) is 0. The van der Waals surface area contributed by atoms with Gasteiger partial charge >= 0.3 is 0 Å². The normalized spacial score (nSPS) is 24.8. The molecule has 0 saturated carbocycles. The number of benzene rings is 1. The number of anilines is 1. The lowest BCUT2D eigenvalue weighted by molar-refractivity contribution is -0.0750. The highest BCUT2D eigenvalue weighted by Crippen LogP contribution is 2.28. The third-order valence-corrected chi connectivity index (χ3v) is 5.39. The van der Waals surface area contributed by atoms with Gasteiger partial charge in [0.05, 0.1) is 24.5 Å². The number of aryl methyl sites for hydroxylation is 1. The van der Waals surface area contributed by atoms with E-state index in [4.69, 9.17) is 10.5 Å². The number of aliphatic hydroxyl groups is 1. The summed E-state index contributed by atoms with van der Waals surface area (Å²) >= 11 is 0. The van der Waals surface area contributed by atoms with E-state index in [1.54, 1.807) is 32.0 Å². The molecule has 1 aromatic rings. The Labute approximate surface area is 119 Å². The van der Waals surface area contributed by atoms with Crippen LogP contribution in [0.5, 0.6) is 0 Å². The molecule has 0 aliphatic carbocycles. The van der Waals surface area contributed by atoms with Gasteiger partial charge in [-0.05, 0) is 25.5 Å². The molecule has 1 aliphatic rings. The zero-order valence-corrected chi connectivity index (χ0v) is 12.4. The Morgan fingerprint density at radius 3 is 2.75 bits per heavy atom. The van der Waals surface area contributed by atoms with Crippen LogP contribution in [0, 0.1) is 6.92 Å². The van der Waals surface area contributed by atoms with Crippen molar-refractivity contribution in [2.24, 2.45) is 0 Å². The smallest absolute Gasteiger partial charge is 0.245 e. The molecule has 2 rings (SSSR count). The first-order valence-electron chi connectivity index (χ1n) is 6.47. The topological polar surface area (TPSA) is 92.9 Å². The molecule has 1 heterocycles. The Kier molecular flexibility index (Phi) is 4.33. The molecule has 7 heteroatoms. The molecule has 0 amide bonds. The molecule has 6 nitrogen and oxygen atoms in total. The molecule has 112 valence electrons. The first-order chi connectivity index (χ1) is 9.36. The lowest BCUT2D eigenvalue weighted by Gasteiger charge is -2.35. The third-order valence-electron chi connectivity index (χ3n) is 3.34. The Hall–Kier alpha value is -1.15. The van der Waals surface area contributed by atoms with Gasteiger partial charge in [-0.3, -0.25) is 0 Å². The maximum Gasteiger partial charge on any atom is 0.245 e. The van der Waals surface area contributed by atoms with Crippen molar-refractivity contribution >= 4 is 15.7 Å². The molecule has 2 unspecified atom stereocenters. The van der Waals surface area contributed by atoms with Crippen LogP contribution in [-0.4, -0.2) is 49.7 Å². The number of hydrogen-bond acceptors (Lipinski definition) is 5. The summed E-state index contributed by atoms with van der Waals surface area (Å²) in [5.41, 5.74) is 6.69. The number of rotatable bonds is 3. The highest BCUT2D eigenvalue weighted by Gasteiger charge is 2.35. The zero-order chi connectivity index (χ0) is 14.9. The van der Waals surface area contributed by atoms with Gasteiger partial charge in [0.1, 0.15) is 4.90 Å². The average molecular weight is 300 g/mol. The number of hydrogen-bond donors (Lipinski definition) is 2. The monoisotopic (exact) mass is 300 g/mol. The van der Waals surface area contributed by atoms with Gasteiger partial charge in [0.2, 0.25) is 10.0 Å². The summed E-state index contributed by atoms with van der Waals surface area (Å²) in [6, 6.07) is 5.02. The molecule has 0 spiro atoms. The van der Waals surface area contributed by atoms with Crippen LogP contribution >= 0.6 is 0 Å². The van der Waals surface area contributed by atoms with Crippen LogP contribution in [0.2, 0.25) is 0 Å². The molecule has 20 heavy (non-hydrogen) atoms. The molecular weight excluding hydrogens is 280 g/mol. The quantitative estimate of drug-likeness (QED) is 0.786. The van der Waals surface area contributed by atoms with Gasteiger partial charge in [-0.15, -0.1) is 0 Å².